The van der Waals surface area contributed by atoms with Crippen LogP contribution >= 0.6 is 11.3 Å². The molecule has 0 fully saturated rings. The van der Waals surface area contributed by atoms with E-state index in [1.807, 2.05) is 19.1 Å². The van der Waals surface area contributed by atoms with E-state index in [0.29, 0.717) is 17.3 Å². The van der Waals surface area contributed by atoms with Crippen LogP contribution in [0.4, 0.5) is 0 Å². The Kier molecular flexibility index (Phi) is 5.46. The summed E-state index contributed by atoms with van der Waals surface area (Å²) in [5, 5.41) is 4.95. The molecule has 8 heteroatoms. The van der Waals surface area contributed by atoms with Gasteiger partial charge in [-0.25, -0.2) is 4.68 Å². The fraction of sp³-hybridized carbons (Fsp3) is 0.158. The van der Waals surface area contributed by atoms with Gasteiger partial charge in [0, 0.05) is 27.8 Å². The summed E-state index contributed by atoms with van der Waals surface area (Å²) in [6.45, 7) is 4.08. The Morgan fingerprint density at radius 1 is 1.15 bits per heavy atom. The van der Waals surface area contributed by atoms with Gasteiger partial charge in [0.2, 0.25) is 0 Å². The molecular formula is C19H18N4O3S. The molecule has 7 nitrogen and oxygen atoms in total. The van der Waals surface area contributed by atoms with Crippen LogP contribution in [0.3, 0.4) is 0 Å². The molecule has 0 saturated heterocycles. The largest absolute Gasteiger partial charge is 0.290 e. The standard InChI is InChI=1S/C19H18N4O3S/c1-3-23-19(26)15-7-5-4-6-14(15)17(22-23)18(25)21-20-16(24)11-10-13-9-8-12(2)27-13/h4-11H,3H2,1-2H3,(H,20,24)(H,21,25)/b11-10+. The van der Waals surface area contributed by atoms with Crippen LogP contribution in [0, 0.1) is 6.92 Å². The molecule has 2 N–H and O–H groups in total. The van der Waals surface area contributed by atoms with E-state index in [0.717, 1.165) is 9.75 Å². The first-order chi connectivity index (χ1) is 13.0. The number of hydrazine groups is 1. The molecule has 0 aliphatic rings. The number of carbonyl (C=O) groups excluding carboxylic acids is 2. The number of nitrogens with one attached hydrogen (secondary N) is 2. The van der Waals surface area contributed by atoms with Gasteiger partial charge >= 0.3 is 0 Å². The summed E-state index contributed by atoms with van der Waals surface area (Å²) in [6.07, 6.45) is 3.01. The quantitative estimate of drug-likeness (QED) is 0.535. The first kappa shape index (κ1) is 18.5. The second-order valence-electron chi connectivity index (χ2n) is 5.74. The van der Waals surface area contributed by atoms with E-state index < -0.39 is 11.8 Å². The lowest BCUT2D eigenvalue weighted by molar-refractivity contribution is -0.117. The van der Waals surface area contributed by atoms with E-state index in [4.69, 9.17) is 0 Å². The Morgan fingerprint density at radius 3 is 2.56 bits per heavy atom. The van der Waals surface area contributed by atoms with E-state index in [1.165, 1.54) is 10.8 Å². The molecule has 3 rings (SSSR count). The van der Waals surface area contributed by atoms with Gasteiger partial charge in [0.25, 0.3) is 17.4 Å². The van der Waals surface area contributed by atoms with Gasteiger partial charge in [-0.1, -0.05) is 18.2 Å². The summed E-state index contributed by atoms with van der Waals surface area (Å²) in [6, 6.07) is 10.6. The molecule has 1 aromatic carbocycles. The lowest BCUT2D eigenvalue weighted by atomic mass is 10.1. The molecule has 0 aliphatic carbocycles. The van der Waals surface area contributed by atoms with Crippen molar-refractivity contribution in [3.8, 4) is 0 Å². The van der Waals surface area contributed by atoms with Crippen LogP contribution in [-0.4, -0.2) is 21.6 Å². The minimum absolute atomic E-state index is 0.0743. The highest BCUT2D eigenvalue weighted by Gasteiger charge is 2.16. The topological polar surface area (TPSA) is 93.1 Å². The minimum atomic E-state index is -0.595. The summed E-state index contributed by atoms with van der Waals surface area (Å²) in [7, 11) is 0. The molecule has 0 unspecified atom stereocenters. The summed E-state index contributed by atoms with van der Waals surface area (Å²) in [4.78, 5) is 38.8. The third kappa shape index (κ3) is 4.12. The summed E-state index contributed by atoms with van der Waals surface area (Å²) < 4.78 is 1.22. The second-order valence-corrected chi connectivity index (χ2v) is 7.06. The molecule has 0 bridgehead atoms. The number of aryl methyl sites for hydroxylation is 2. The number of fused-ring (bicyclic) bond motifs is 1. The molecule has 0 saturated carbocycles. The summed E-state index contributed by atoms with van der Waals surface area (Å²) in [5.74, 6) is -1.07. The highest BCUT2D eigenvalue weighted by Crippen LogP contribution is 2.16. The minimum Gasteiger partial charge on any atom is -0.268 e. The Morgan fingerprint density at radius 2 is 1.89 bits per heavy atom. The van der Waals surface area contributed by atoms with Crippen LogP contribution < -0.4 is 16.4 Å². The Balaban J connectivity index is 1.76. The van der Waals surface area contributed by atoms with Crippen LogP contribution in [0.1, 0.15) is 27.2 Å². The van der Waals surface area contributed by atoms with Crippen molar-refractivity contribution in [3.05, 3.63) is 68.3 Å². The highest BCUT2D eigenvalue weighted by atomic mass is 32.1. The monoisotopic (exact) mass is 382 g/mol. The maximum Gasteiger partial charge on any atom is 0.290 e. The van der Waals surface area contributed by atoms with Crippen molar-refractivity contribution in [2.45, 2.75) is 20.4 Å². The average Bonchev–Trinajstić information content (AvgIpc) is 3.10. The predicted octanol–water partition coefficient (Wildman–Crippen LogP) is 2.26. The van der Waals surface area contributed by atoms with E-state index >= 15 is 0 Å². The predicted molar refractivity (Wildman–Crippen MR) is 105 cm³/mol. The molecule has 2 heterocycles. The van der Waals surface area contributed by atoms with Crippen molar-refractivity contribution in [2.24, 2.45) is 0 Å². The molecule has 138 valence electrons. The molecule has 27 heavy (non-hydrogen) atoms. The Bertz CT molecular complexity index is 1100. The van der Waals surface area contributed by atoms with Gasteiger partial charge < -0.3 is 0 Å². The number of amides is 2. The van der Waals surface area contributed by atoms with Gasteiger partial charge in [-0.05, 0) is 38.1 Å². The molecule has 0 aliphatic heterocycles. The van der Waals surface area contributed by atoms with Crippen LogP contribution in [0.2, 0.25) is 0 Å². The first-order valence-corrected chi connectivity index (χ1v) is 9.16. The average molecular weight is 382 g/mol. The summed E-state index contributed by atoms with van der Waals surface area (Å²) in [5.41, 5.74) is 4.48. The number of aromatic nitrogens is 2. The van der Waals surface area contributed by atoms with E-state index in [2.05, 4.69) is 16.0 Å². The zero-order valence-electron chi connectivity index (χ0n) is 14.9. The molecule has 0 atom stereocenters. The van der Waals surface area contributed by atoms with Crippen molar-refractivity contribution in [1.29, 1.82) is 0 Å². The molecular weight excluding hydrogens is 364 g/mol. The number of hydrogen-bond donors (Lipinski definition) is 2. The van der Waals surface area contributed by atoms with Crippen molar-refractivity contribution in [3.63, 3.8) is 0 Å². The van der Waals surface area contributed by atoms with Crippen molar-refractivity contribution < 1.29 is 9.59 Å². The molecule has 2 aromatic heterocycles. The lowest BCUT2D eigenvalue weighted by Crippen LogP contribution is -2.42. The smallest absolute Gasteiger partial charge is 0.268 e. The number of carbonyl (C=O) groups is 2. The fourth-order valence-corrected chi connectivity index (χ4v) is 3.32. The van der Waals surface area contributed by atoms with Crippen LogP contribution in [-0.2, 0) is 11.3 Å². The maximum absolute atomic E-state index is 12.5. The molecule has 0 spiro atoms. The zero-order chi connectivity index (χ0) is 19.4. The lowest BCUT2D eigenvalue weighted by Gasteiger charge is -2.10. The molecule has 3 aromatic rings. The first-order valence-electron chi connectivity index (χ1n) is 8.34. The van der Waals surface area contributed by atoms with E-state index in [9.17, 15) is 14.4 Å². The van der Waals surface area contributed by atoms with Crippen LogP contribution in [0.25, 0.3) is 16.8 Å². The highest BCUT2D eigenvalue weighted by molar-refractivity contribution is 7.12. The summed E-state index contributed by atoms with van der Waals surface area (Å²) >= 11 is 1.56. The van der Waals surface area contributed by atoms with Gasteiger partial charge in [0.1, 0.15) is 0 Å². The fourth-order valence-electron chi connectivity index (χ4n) is 2.54. The van der Waals surface area contributed by atoms with Crippen molar-refractivity contribution in [2.75, 3.05) is 0 Å². The number of hydrogen-bond acceptors (Lipinski definition) is 5. The van der Waals surface area contributed by atoms with E-state index in [-0.39, 0.29) is 11.3 Å². The van der Waals surface area contributed by atoms with Gasteiger partial charge in [0.05, 0.1) is 5.39 Å². The van der Waals surface area contributed by atoms with Gasteiger partial charge in [-0.15, -0.1) is 11.3 Å². The Labute approximate surface area is 159 Å². The third-order valence-electron chi connectivity index (χ3n) is 3.84. The third-order valence-corrected chi connectivity index (χ3v) is 4.81. The van der Waals surface area contributed by atoms with Gasteiger partial charge in [-0.2, -0.15) is 5.10 Å². The number of benzene rings is 1. The number of thiophene rings is 1. The SMILES string of the molecule is CCn1nc(C(=O)NNC(=O)/C=C/c2ccc(C)s2)c2ccccc2c1=O. The number of nitrogens with zero attached hydrogens (tertiary/aromatic N) is 2. The zero-order valence-corrected chi connectivity index (χ0v) is 15.7. The Hall–Kier alpha value is -3.26. The van der Waals surface area contributed by atoms with Crippen LogP contribution in [0.5, 0.6) is 0 Å². The normalized spacial score (nSPS) is 11.0. The molecule has 0 radical (unpaired) electrons. The van der Waals surface area contributed by atoms with Crippen LogP contribution in [0.15, 0.2) is 47.3 Å². The maximum atomic E-state index is 12.5. The van der Waals surface area contributed by atoms with Crippen molar-refractivity contribution in [1.82, 2.24) is 20.6 Å². The van der Waals surface area contributed by atoms with E-state index in [1.54, 1.807) is 48.6 Å². The van der Waals surface area contributed by atoms with Gasteiger partial charge in [-0.3, -0.25) is 25.2 Å². The van der Waals surface area contributed by atoms with Gasteiger partial charge in [0.15, 0.2) is 5.69 Å². The van der Waals surface area contributed by atoms with Crippen molar-refractivity contribution >= 4 is 40.0 Å². The molecule has 2 amide bonds. The second kappa shape index (κ2) is 7.96. The number of rotatable bonds is 4.